The number of rotatable bonds is 9. The molecule has 0 bridgehead atoms. The molecule has 0 fully saturated rings. The lowest BCUT2D eigenvalue weighted by Crippen LogP contribution is -2.33. The summed E-state index contributed by atoms with van der Waals surface area (Å²) in [4.78, 5) is 0. The minimum absolute atomic E-state index is 0.309. The van der Waals surface area contributed by atoms with Gasteiger partial charge in [-0.1, -0.05) is 27.7 Å². The predicted molar refractivity (Wildman–Crippen MR) is 82.5 cm³/mol. The van der Waals surface area contributed by atoms with Crippen LogP contribution in [0.4, 0.5) is 0 Å². The number of nitrogens with zero attached hydrogens (tertiary/aromatic N) is 2. The van der Waals surface area contributed by atoms with Crippen LogP contribution in [-0.4, -0.2) is 22.9 Å². The van der Waals surface area contributed by atoms with Gasteiger partial charge in [-0.2, -0.15) is 5.10 Å². The zero-order valence-corrected chi connectivity index (χ0v) is 13.4. The third-order valence-corrected chi connectivity index (χ3v) is 4.15. The quantitative estimate of drug-likeness (QED) is 0.688. The summed E-state index contributed by atoms with van der Waals surface area (Å²) < 4.78 is 2.10. The lowest BCUT2D eigenvalue weighted by Gasteiger charge is -2.28. The van der Waals surface area contributed by atoms with Gasteiger partial charge in [0.15, 0.2) is 0 Å². The van der Waals surface area contributed by atoms with E-state index >= 15 is 0 Å². The van der Waals surface area contributed by atoms with Crippen molar-refractivity contribution in [2.75, 3.05) is 13.1 Å². The van der Waals surface area contributed by atoms with Crippen LogP contribution in [0, 0.1) is 5.41 Å². The third-order valence-electron chi connectivity index (χ3n) is 4.15. The first kappa shape index (κ1) is 16.2. The van der Waals surface area contributed by atoms with Gasteiger partial charge in [-0.05, 0) is 50.6 Å². The number of aromatic nitrogens is 2. The lowest BCUT2D eigenvalue weighted by atomic mass is 9.82. The molecule has 1 aromatic heterocycles. The summed E-state index contributed by atoms with van der Waals surface area (Å²) in [6.45, 7) is 13.5. The topological polar surface area (TPSA) is 29.9 Å². The second kappa shape index (κ2) is 7.68. The fraction of sp³-hybridized carbons (Fsp3) is 0.812. The lowest BCUT2D eigenvalue weighted by molar-refractivity contribution is 0.286. The van der Waals surface area contributed by atoms with Gasteiger partial charge in [0, 0.05) is 18.8 Å². The summed E-state index contributed by atoms with van der Waals surface area (Å²) in [7, 11) is 0. The van der Waals surface area contributed by atoms with Gasteiger partial charge in [0.25, 0.3) is 0 Å². The molecule has 0 aliphatic rings. The molecule has 0 saturated heterocycles. The van der Waals surface area contributed by atoms with Crippen molar-refractivity contribution in [1.29, 1.82) is 0 Å². The van der Waals surface area contributed by atoms with Crippen LogP contribution in [0.15, 0.2) is 12.3 Å². The molecule has 0 spiro atoms. The van der Waals surface area contributed by atoms with Gasteiger partial charge in [-0.3, -0.25) is 4.68 Å². The van der Waals surface area contributed by atoms with Crippen LogP contribution in [0.25, 0.3) is 0 Å². The van der Waals surface area contributed by atoms with Crippen LogP contribution in [0.1, 0.15) is 65.6 Å². The Labute approximate surface area is 118 Å². The molecule has 2 unspecified atom stereocenters. The largest absolute Gasteiger partial charge is 0.316 e. The first-order valence-corrected chi connectivity index (χ1v) is 7.79. The van der Waals surface area contributed by atoms with Crippen LogP contribution < -0.4 is 5.32 Å². The van der Waals surface area contributed by atoms with Crippen molar-refractivity contribution >= 4 is 0 Å². The van der Waals surface area contributed by atoms with E-state index < -0.39 is 0 Å². The van der Waals surface area contributed by atoms with Crippen molar-refractivity contribution in [2.45, 2.75) is 66.3 Å². The molecule has 0 radical (unpaired) electrons. The molecule has 3 heteroatoms. The molecule has 1 heterocycles. The van der Waals surface area contributed by atoms with E-state index in [1.54, 1.807) is 0 Å². The van der Waals surface area contributed by atoms with E-state index in [1.165, 1.54) is 18.5 Å². The fourth-order valence-corrected chi connectivity index (χ4v) is 2.22. The molecule has 1 rings (SSSR count). The van der Waals surface area contributed by atoms with Crippen LogP contribution in [0.3, 0.4) is 0 Å². The Bertz CT molecular complexity index is 359. The Balaban J connectivity index is 2.61. The molecule has 0 saturated carbocycles. The first-order valence-electron chi connectivity index (χ1n) is 7.79. The van der Waals surface area contributed by atoms with E-state index in [1.807, 2.05) is 0 Å². The molecule has 0 aromatic carbocycles. The van der Waals surface area contributed by atoms with E-state index in [2.05, 4.69) is 56.9 Å². The fourth-order valence-electron chi connectivity index (χ4n) is 2.22. The highest BCUT2D eigenvalue weighted by molar-refractivity contribution is 5.03. The minimum Gasteiger partial charge on any atom is -0.316 e. The Hall–Kier alpha value is -0.830. The highest BCUT2D eigenvalue weighted by atomic mass is 15.3. The van der Waals surface area contributed by atoms with E-state index in [0.29, 0.717) is 11.5 Å². The standard InChI is InChI=1S/C16H31N3/c1-6-10-17-13-16(5,8-3)12-15-9-11-19(18-15)14(4)7-2/h9,11,14,17H,6-8,10,12-13H2,1-5H3. The summed E-state index contributed by atoms with van der Waals surface area (Å²) in [5.74, 6) is 0. The van der Waals surface area contributed by atoms with E-state index in [0.717, 1.165) is 25.9 Å². The van der Waals surface area contributed by atoms with Crippen LogP contribution >= 0.6 is 0 Å². The predicted octanol–water partition coefficient (Wildman–Crippen LogP) is 3.81. The average Bonchev–Trinajstić information content (AvgIpc) is 2.86. The Morgan fingerprint density at radius 3 is 2.68 bits per heavy atom. The maximum absolute atomic E-state index is 4.73. The van der Waals surface area contributed by atoms with Gasteiger partial charge in [0.05, 0.1) is 5.69 Å². The zero-order chi connectivity index (χ0) is 14.3. The molecule has 1 N–H and O–H groups in total. The van der Waals surface area contributed by atoms with Gasteiger partial charge >= 0.3 is 0 Å². The Morgan fingerprint density at radius 1 is 1.37 bits per heavy atom. The third kappa shape index (κ3) is 4.98. The van der Waals surface area contributed by atoms with Crippen molar-refractivity contribution in [1.82, 2.24) is 15.1 Å². The molecule has 110 valence electrons. The maximum Gasteiger partial charge on any atom is 0.0630 e. The van der Waals surface area contributed by atoms with Gasteiger partial charge in [0.1, 0.15) is 0 Å². The highest BCUT2D eigenvalue weighted by Crippen LogP contribution is 2.25. The molecule has 0 amide bonds. The summed E-state index contributed by atoms with van der Waals surface area (Å²) >= 11 is 0. The smallest absolute Gasteiger partial charge is 0.0630 e. The van der Waals surface area contributed by atoms with Gasteiger partial charge in [0.2, 0.25) is 0 Å². The highest BCUT2D eigenvalue weighted by Gasteiger charge is 2.23. The van der Waals surface area contributed by atoms with E-state index in [-0.39, 0.29) is 0 Å². The number of hydrogen-bond donors (Lipinski definition) is 1. The van der Waals surface area contributed by atoms with Crippen molar-refractivity contribution in [3.63, 3.8) is 0 Å². The Morgan fingerprint density at radius 2 is 2.11 bits per heavy atom. The zero-order valence-electron chi connectivity index (χ0n) is 13.4. The van der Waals surface area contributed by atoms with E-state index in [4.69, 9.17) is 5.10 Å². The molecule has 0 aliphatic carbocycles. The summed E-state index contributed by atoms with van der Waals surface area (Å²) in [6, 6.07) is 2.68. The SMILES string of the molecule is CCCNCC(C)(CC)Cc1ccn(C(C)CC)n1. The molecule has 1 aromatic rings. The average molecular weight is 265 g/mol. The second-order valence-electron chi connectivity index (χ2n) is 6.06. The van der Waals surface area contributed by atoms with Crippen molar-refractivity contribution < 1.29 is 0 Å². The van der Waals surface area contributed by atoms with Crippen LogP contribution in [-0.2, 0) is 6.42 Å². The second-order valence-corrected chi connectivity index (χ2v) is 6.06. The van der Waals surface area contributed by atoms with E-state index in [9.17, 15) is 0 Å². The van der Waals surface area contributed by atoms with Gasteiger partial charge in [-0.15, -0.1) is 0 Å². The van der Waals surface area contributed by atoms with Crippen molar-refractivity contribution in [3.8, 4) is 0 Å². The molecule has 2 atom stereocenters. The maximum atomic E-state index is 4.73. The summed E-state index contributed by atoms with van der Waals surface area (Å²) in [5, 5.41) is 8.28. The monoisotopic (exact) mass is 265 g/mol. The number of nitrogens with one attached hydrogen (secondary N) is 1. The first-order chi connectivity index (χ1) is 9.04. The molecular weight excluding hydrogens is 234 g/mol. The molecule has 0 aliphatic heterocycles. The summed E-state index contributed by atoms with van der Waals surface area (Å²) in [6.07, 6.45) is 6.69. The summed E-state index contributed by atoms with van der Waals surface area (Å²) in [5.41, 5.74) is 1.53. The normalized spacial score (nSPS) is 16.3. The molecule has 3 nitrogen and oxygen atoms in total. The van der Waals surface area contributed by atoms with Crippen LogP contribution in [0.2, 0.25) is 0 Å². The Kier molecular flexibility index (Phi) is 6.56. The molecular formula is C16H31N3. The van der Waals surface area contributed by atoms with Gasteiger partial charge in [-0.25, -0.2) is 0 Å². The van der Waals surface area contributed by atoms with Crippen molar-refractivity contribution in [3.05, 3.63) is 18.0 Å². The number of hydrogen-bond acceptors (Lipinski definition) is 2. The van der Waals surface area contributed by atoms with Crippen LogP contribution in [0.5, 0.6) is 0 Å². The molecule has 19 heavy (non-hydrogen) atoms. The van der Waals surface area contributed by atoms with Crippen molar-refractivity contribution in [2.24, 2.45) is 5.41 Å². The van der Waals surface area contributed by atoms with Gasteiger partial charge < -0.3 is 5.32 Å². The minimum atomic E-state index is 0.309.